The lowest BCUT2D eigenvalue weighted by molar-refractivity contribution is 1.32. The van der Waals surface area contributed by atoms with Gasteiger partial charge in [0.2, 0.25) is 0 Å². The van der Waals surface area contributed by atoms with Crippen LogP contribution in [-0.2, 0) is 0 Å². The molecule has 0 aliphatic rings. The largest absolute Gasteiger partial charge is 0.248 e. The predicted molar refractivity (Wildman–Crippen MR) is 276 cm³/mol. The van der Waals surface area contributed by atoms with Crippen LogP contribution < -0.4 is 0 Å². The molecule has 310 valence electrons. The SMILES string of the molecule is c1ccc(-c2ccccc2-c2cc(-c3cccc(-c4cc(-c5ccccc5-c5ccccc5)nc(-c5ccccc5-c5ccccc5)c4)c3)cc(-c3ccccc3-c3ccccc3)n2)cc1. The maximum Gasteiger partial charge on any atom is 0.0721 e. The molecule has 2 nitrogen and oxygen atoms in total. The van der Waals surface area contributed by atoms with E-state index in [0.29, 0.717) is 0 Å². The summed E-state index contributed by atoms with van der Waals surface area (Å²) in [5, 5.41) is 0. The molecular formula is C64H44N2. The molecule has 0 aliphatic carbocycles. The highest BCUT2D eigenvalue weighted by molar-refractivity contribution is 5.91. The summed E-state index contributed by atoms with van der Waals surface area (Å²) < 4.78 is 0. The number of hydrogen-bond acceptors (Lipinski definition) is 2. The molecule has 0 atom stereocenters. The van der Waals surface area contributed by atoms with Gasteiger partial charge in [0.15, 0.2) is 0 Å². The van der Waals surface area contributed by atoms with Crippen molar-refractivity contribution in [2.75, 3.05) is 0 Å². The molecule has 0 N–H and O–H groups in total. The van der Waals surface area contributed by atoms with E-state index in [1.165, 1.54) is 0 Å². The Labute approximate surface area is 386 Å². The van der Waals surface area contributed by atoms with Gasteiger partial charge in [-0.2, -0.15) is 0 Å². The van der Waals surface area contributed by atoms with Crippen LogP contribution in [0.3, 0.4) is 0 Å². The van der Waals surface area contributed by atoms with Crippen molar-refractivity contribution in [2.24, 2.45) is 0 Å². The van der Waals surface area contributed by atoms with Crippen molar-refractivity contribution in [3.8, 4) is 112 Å². The van der Waals surface area contributed by atoms with E-state index in [-0.39, 0.29) is 0 Å². The van der Waals surface area contributed by atoms with E-state index in [1.807, 2.05) is 0 Å². The van der Waals surface area contributed by atoms with E-state index < -0.39 is 0 Å². The summed E-state index contributed by atoms with van der Waals surface area (Å²) in [6, 6.07) is 94.8. The molecule has 0 bridgehead atoms. The summed E-state index contributed by atoms with van der Waals surface area (Å²) in [6.07, 6.45) is 0. The van der Waals surface area contributed by atoms with Gasteiger partial charge in [-0.1, -0.05) is 237 Å². The Morgan fingerprint density at radius 3 is 0.621 bits per heavy atom. The molecule has 11 aromatic rings. The quantitative estimate of drug-likeness (QED) is 0.137. The first-order valence-corrected chi connectivity index (χ1v) is 22.5. The van der Waals surface area contributed by atoms with Crippen molar-refractivity contribution in [3.63, 3.8) is 0 Å². The highest BCUT2D eigenvalue weighted by Gasteiger charge is 2.18. The molecular weight excluding hydrogens is 797 g/mol. The third-order valence-corrected chi connectivity index (χ3v) is 12.3. The third kappa shape index (κ3) is 8.16. The fourth-order valence-electron chi connectivity index (χ4n) is 9.13. The van der Waals surface area contributed by atoms with Crippen LogP contribution in [0.5, 0.6) is 0 Å². The standard InChI is InChI=1S/C64H44N2/c1-5-22-45(23-6-1)53-32-13-17-36-57(53)61-41-51(42-62(65-61)58-37-18-14-33-54(58)46-24-7-2-8-25-46)49-30-21-31-50(40-49)52-43-63(59-38-19-15-34-55(59)47-26-9-3-10-27-47)66-64(44-52)60-39-20-16-35-56(60)48-28-11-4-12-29-48/h1-44H. The van der Waals surface area contributed by atoms with Gasteiger partial charge in [0.05, 0.1) is 22.8 Å². The maximum absolute atomic E-state index is 5.50. The van der Waals surface area contributed by atoms with Gasteiger partial charge in [0.25, 0.3) is 0 Å². The van der Waals surface area contributed by atoms with Gasteiger partial charge in [-0.3, -0.25) is 0 Å². The minimum atomic E-state index is 0.916. The Kier molecular flexibility index (Phi) is 11.0. The first-order chi connectivity index (χ1) is 32.7. The number of nitrogens with zero attached hydrogens (tertiary/aromatic N) is 2. The van der Waals surface area contributed by atoms with Crippen molar-refractivity contribution in [2.45, 2.75) is 0 Å². The van der Waals surface area contributed by atoms with Crippen molar-refractivity contribution >= 4 is 0 Å². The molecule has 9 aromatic carbocycles. The minimum Gasteiger partial charge on any atom is -0.248 e. The zero-order valence-corrected chi connectivity index (χ0v) is 36.3. The van der Waals surface area contributed by atoms with Crippen LogP contribution in [0.15, 0.2) is 267 Å². The normalized spacial score (nSPS) is 11.0. The highest BCUT2D eigenvalue weighted by Crippen LogP contribution is 2.41. The van der Waals surface area contributed by atoms with Gasteiger partial charge >= 0.3 is 0 Å². The van der Waals surface area contributed by atoms with Gasteiger partial charge in [-0.05, 0) is 97.1 Å². The van der Waals surface area contributed by atoms with Gasteiger partial charge < -0.3 is 0 Å². The minimum absolute atomic E-state index is 0.916. The van der Waals surface area contributed by atoms with Gasteiger partial charge in [0, 0.05) is 22.3 Å². The zero-order chi connectivity index (χ0) is 44.1. The molecule has 0 saturated heterocycles. The summed E-state index contributed by atoms with van der Waals surface area (Å²) in [7, 11) is 0. The van der Waals surface area contributed by atoms with Crippen LogP contribution in [0.4, 0.5) is 0 Å². The van der Waals surface area contributed by atoms with Gasteiger partial charge in [-0.15, -0.1) is 0 Å². The van der Waals surface area contributed by atoms with Crippen LogP contribution in [0.2, 0.25) is 0 Å². The fraction of sp³-hybridized carbons (Fsp3) is 0. The zero-order valence-electron chi connectivity index (χ0n) is 36.3. The molecule has 0 amide bonds. The Bertz CT molecular complexity index is 3020. The lowest BCUT2D eigenvalue weighted by Crippen LogP contribution is -1.96. The Morgan fingerprint density at radius 1 is 0.152 bits per heavy atom. The van der Waals surface area contributed by atoms with E-state index in [4.69, 9.17) is 9.97 Å². The molecule has 11 rings (SSSR count). The Balaban J connectivity index is 1.11. The summed E-state index contributed by atoms with van der Waals surface area (Å²) in [5.74, 6) is 0. The number of hydrogen-bond donors (Lipinski definition) is 0. The number of rotatable bonds is 10. The molecule has 0 radical (unpaired) electrons. The smallest absolute Gasteiger partial charge is 0.0721 e. The molecule has 2 heterocycles. The monoisotopic (exact) mass is 840 g/mol. The lowest BCUT2D eigenvalue weighted by atomic mass is 9.91. The average Bonchev–Trinajstić information content (AvgIpc) is 3.41. The summed E-state index contributed by atoms with van der Waals surface area (Å²) in [5.41, 5.74) is 21.5. The molecule has 2 heteroatoms. The van der Waals surface area contributed by atoms with E-state index in [0.717, 1.165) is 112 Å². The van der Waals surface area contributed by atoms with Crippen molar-refractivity contribution < 1.29 is 0 Å². The second-order valence-corrected chi connectivity index (χ2v) is 16.5. The summed E-state index contributed by atoms with van der Waals surface area (Å²) in [4.78, 5) is 11.0. The van der Waals surface area contributed by atoms with Gasteiger partial charge in [0.1, 0.15) is 0 Å². The second kappa shape index (κ2) is 18.2. The maximum atomic E-state index is 5.50. The van der Waals surface area contributed by atoms with Crippen LogP contribution in [0.25, 0.3) is 112 Å². The van der Waals surface area contributed by atoms with Crippen LogP contribution in [0, 0.1) is 0 Å². The van der Waals surface area contributed by atoms with Crippen molar-refractivity contribution in [3.05, 3.63) is 267 Å². The first-order valence-electron chi connectivity index (χ1n) is 22.5. The molecule has 0 unspecified atom stereocenters. The first kappa shape index (κ1) is 40.1. The Morgan fingerprint density at radius 2 is 0.364 bits per heavy atom. The predicted octanol–water partition coefficient (Wildman–Crippen LogP) is 17.1. The fourth-order valence-corrected chi connectivity index (χ4v) is 9.13. The van der Waals surface area contributed by atoms with Crippen LogP contribution in [-0.4, -0.2) is 9.97 Å². The molecule has 2 aromatic heterocycles. The van der Waals surface area contributed by atoms with Crippen LogP contribution in [0.1, 0.15) is 0 Å². The Hall–Kier alpha value is -8.72. The number of aromatic nitrogens is 2. The highest BCUT2D eigenvalue weighted by atomic mass is 14.7. The third-order valence-electron chi connectivity index (χ3n) is 12.3. The van der Waals surface area contributed by atoms with Crippen molar-refractivity contribution in [1.82, 2.24) is 9.97 Å². The molecule has 0 aliphatic heterocycles. The van der Waals surface area contributed by atoms with E-state index in [2.05, 4.69) is 267 Å². The van der Waals surface area contributed by atoms with E-state index >= 15 is 0 Å². The van der Waals surface area contributed by atoms with Gasteiger partial charge in [-0.25, -0.2) is 9.97 Å². The van der Waals surface area contributed by atoms with E-state index in [1.54, 1.807) is 0 Å². The summed E-state index contributed by atoms with van der Waals surface area (Å²) >= 11 is 0. The molecule has 66 heavy (non-hydrogen) atoms. The molecule has 0 spiro atoms. The molecule has 0 saturated carbocycles. The number of pyridine rings is 2. The van der Waals surface area contributed by atoms with E-state index in [9.17, 15) is 0 Å². The number of benzene rings is 9. The molecule has 0 fully saturated rings. The lowest BCUT2D eigenvalue weighted by Gasteiger charge is -2.17. The average molecular weight is 841 g/mol. The summed E-state index contributed by atoms with van der Waals surface area (Å²) in [6.45, 7) is 0. The van der Waals surface area contributed by atoms with Crippen molar-refractivity contribution in [1.29, 1.82) is 0 Å². The topological polar surface area (TPSA) is 25.8 Å². The second-order valence-electron chi connectivity index (χ2n) is 16.5. The van der Waals surface area contributed by atoms with Crippen LogP contribution >= 0.6 is 0 Å².